The molecule has 4 N–H and O–H groups in total. The van der Waals surface area contributed by atoms with Crippen molar-refractivity contribution in [2.24, 2.45) is 0 Å². The van der Waals surface area contributed by atoms with Crippen LogP contribution in [0.3, 0.4) is 0 Å². The van der Waals surface area contributed by atoms with Gasteiger partial charge in [-0.25, -0.2) is 5.43 Å². The maximum atomic E-state index is 11.2. The lowest BCUT2D eigenvalue weighted by atomic mass is 10.1. The van der Waals surface area contributed by atoms with Crippen molar-refractivity contribution in [1.82, 2.24) is 15.8 Å². The number of hydrogen-bond donors (Lipinski definition) is 4. The number of aliphatic carboxylic acids is 1. The Morgan fingerprint density at radius 3 is 2.85 bits per heavy atom. The van der Waals surface area contributed by atoms with E-state index in [9.17, 15) is 14.7 Å². The highest BCUT2D eigenvalue weighted by atomic mass is 16.4. The molecule has 0 fully saturated rings. The second kappa shape index (κ2) is 6.03. The summed E-state index contributed by atoms with van der Waals surface area (Å²) in [6.45, 7) is 3.30. The van der Waals surface area contributed by atoms with Crippen LogP contribution in [0.2, 0.25) is 0 Å². The van der Waals surface area contributed by atoms with Crippen LogP contribution >= 0.6 is 0 Å². The van der Waals surface area contributed by atoms with E-state index >= 15 is 0 Å². The maximum absolute atomic E-state index is 11.2. The first-order valence-corrected chi connectivity index (χ1v) is 6.07. The first-order chi connectivity index (χ1) is 9.61. The summed E-state index contributed by atoms with van der Waals surface area (Å²) in [5.41, 5.74) is 6.58. The summed E-state index contributed by atoms with van der Waals surface area (Å²) in [5, 5.41) is 10.1. The third kappa shape index (κ3) is 3.04. The van der Waals surface area contributed by atoms with Crippen molar-refractivity contribution in [3.8, 4) is 0 Å². The number of H-pyrrole nitrogens is 1. The number of nitrogens with one attached hydrogen (secondary N) is 3. The van der Waals surface area contributed by atoms with E-state index in [1.165, 1.54) is 0 Å². The highest BCUT2D eigenvalue weighted by molar-refractivity contribution is 5.87. The molecule has 0 aliphatic carbocycles. The van der Waals surface area contributed by atoms with Crippen LogP contribution in [-0.4, -0.2) is 28.0 Å². The van der Waals surface area contributed by atoms with E-state index in [4.69, 9.17) is 0 Å². The molecule has 1 amide bonds. The Kier molecular flexibility index (Phi) is 4.17. The smallest absolute Gasteiger partial charge is 0.322 e. The monoisotopic (exact) mass is 273 g/mol. The van der Waals surface area contributed by atoms with Crippen LogP contribution in [0.15, 0.2) is 43.1 Å². The van der Waals surface area contributed by atoms with Crippen molar-refractivity contribution < 1.29 is 14.7 Å². The number of carboxylic acid groups (broad SMARTS) is 1. The molecule has 0 bridgehead atoms. The number of amides is 1. The van der Waals surface area contributed by atoms with Gasteiger partial charge in [0.05, 0.1) is 0 Å². The van der Waals surface area contributed by atoms with Crippen LogP contribution in [0.5, 0.6) is 0 Å². The lowest BCUT2D eigenvalue weighted by Crippen LogP contribution is -2.48. The Morgan fingerprint density at radius 1 is 1.40 bits per heavy atom. The molecular weight excluding hydrogens is 258 g/mol. The van der Waals surface area contributed by atoms with Crippen LogP contribution in [0.4, 0.5) is 0 Å². The number of aromatic nitrogens is 1. The molecule has 2 aromatic rings. The average Bonchev–Trinajstić information content (AvgIpc) is 2.86. The summed E-state index contributed by atoms with van der Waals surface area (Å²) in [6.07, 6.45) is 3.09. The van der Waals surface area contributed by atoms with E-state index in [-0.39, 0.29) is 6.42 Å². The highest BCUT2D eigenvalue weighted by Crippen LogP contribution is 2.18. The minimum absolute atomic E-state index is 0.247. The Morgan fingerprint density at radius 2 is 2.15 bits per heavy atom. The molecule has 0 saturated heterocycles. The van der Waals surface area contributed by atoms with E-state index in [0.29, 0.717) is 0 Å². The molecule has 0 aliphatic rings. The van der Waals surface area contributed by atoms with Crippen molar-refractivity contribution in [1.29, 1.82) is 0 Å². The van der Waals surface area contributed by atoms with E-state index in [1.807, 2.05) is 24.3 Å². The van der Waals surface area contributed by atoms with Gasteiger partial charge in [-0.1, -0.05) is 24.8 Å². The average molecular weight is 273 g/mol. The third-order valence-electron chi connectivity index (χ3n) is 2.95. The molecule has 104 valence electrons. The lowest BCUT2D eigenvalue weighted by molar-refractivity contribution is -0.139. The SMILES string of the molecule is C=CC(=O)NN[C@@H](Cc1c[nH]c2ccccc12)C(=O)O. The summed E-state index contributed by atoms with van der Waals surface area (Å²) in [4.78, 5) is 25.4. The fourth-order valence-electron chi connectivity index (χ4n) is 1.93. The molecule has 0 radical (unpaired) electrons. The van der Waals surface area contributed by atoms with E-state index in [1.54, 1.807) is 6.20 Å². The summed E-state index contributed by atoms with van der Waals surface area (Å²) in [5.74, 6) is -1.52. The van der Waals surface area contributed by atoms with Crippen LogP contribution < -0.4 is 10.9 Å². The number of carboxylic acids is 1. The number of carbonyl (C=O) groups is 2. The van der Waals surface area contributed by atoms with Gasteiger partial charge in [-0.3, -0.25) is 15.0 Å². The summed E-state index contributed by atoms with van der Waals surface area (Å²) >= 11 is 0. The zero-order valence-electron chi connectivity index (χ0n) is 10.7. The Hall–Kier alpha value is -2.60. The van der Waals surface area contributed by atoms with E-state index in [0.717, 1.165) is 22.5 Å². The van der Waals surface area contributed by atoms with Gasteiger partial charge in [0.15, 0.2) is 0 Å². The third-order valence-corrected chi connectivity index (χ3v) is 2.95. The molecule has 0 saturated carbocycles. The molecule has 0 unspecified atom stereocenters. The van der Waals surface area contributed by atoms with E-state index < -0.39 is 17.9 Å². The highest BCUT2D eigenvalue weighted by Gasteiger charge is 2.19. The van der Waals surface area contributed by atoms with Gasteiger partial charge in [0, 0.05) is 23.5 Å². The lowest BCUT2D eigenvalue weighted by Gasteiger charge is -2.14. The minimum Gasteiger partial charge on any atom is -0.480 e. The molecular formula is C14H15N3O3. The number of aromatic amines is 1. The second-order valence-corrected chi connectivity index (χ2v) is 4.29. The van der Waals surface area contributed by atoms with Gasteiger partial charge in [0.25, 0.3) is 5.91 Å². The number of rotatable bonds is 6. The second-order valence-electron chi connectivity index (χ2n) is 4.29. The number of fused-ring (bicyclic) bond motifs is 1. The first-order valence-electron chi connectivity index (χ1n) is 6.07. The fourth-order valence-corrected chi connectivity index (χ4v) is 1.93. The topological polar surface area (TPSA) is 94.2 Å². The van der Waals surface area contributed by atoms with Gasteiger partial charge in [0.1, 0.15) is 6.04 Å². The molecule has 1 aromatic heterocycles. The van der Waals surface area contributed by atoms with Gasteiger partial charge >= 0.3 is 5.97 Å². The summed E-state index contributed by atoms with van der Waals surface area (Å²) in [7, 11) is 0. The Bertz CT molecular complexity index is 648. The molecule has 0 aliphatic heterocycles. The number of para-hydroxylation sites is 1. The molecule has 2 rings (SSSR count). The predicted octanol–water partition coefficient (Wildman–Crippen LogP) is 0.970. The van der Waals surface area contributed by atoms with Gasteiger partial charge in [-0.2, -0.15) is 0 Å². The van der Waals surface area contributed by atoms with Crippen LogP contribution in [-0.2, 0) is 16.0 Å². The molecule has 0 spiro atoms. The zero-order chi connectivity index (χ0) is 14.5. The quantitative estimate of drug-likeness (QED) is 0.466. The normalized spacial score (nSPS) is 12.0. The zero-order valence-corrected chi connectivity index (χ0v) is 10.7. The number of hydrazine groups is 1. The van der Waals surface area contributed by atoms with Crippen molar-refractivity contribution in [3.63, 3.8) is 0 Å². The summed E-state index contributed by atoms with van der Waals surface area (Å²) < 4.78 is 0. The first kappa shape index (κ1) is 13.8. The predicted molar refractivity (Wildman–Crippen MR) is 74.9 cm³/mol. The largest absolute Gasteiger partial charge is 0.480 e. The van der Waals surface area contributed by atoms with Crippen LogP contribution in [0.1, 0.15) is 5.56 Å². The maximum Gasteiger partial charge on any atom is 0.322 e. The van der Waals surface area contributed by atoms with E-state index in [2.05, 4.69) is 22.4 Å². The molecule has 1 heterocycles. The molecule has 20 heavy (non-hydrogen) atoms. The van der Waals surface area contributed by atoms with Crippen molar-refractivity contribution in [2.75, 3.05) is 0 Å². The molecule has 1 atom stereocenters. The Balaban J connectivity index is 2.13. The minimum atomic E-state index is -1.04. The van der Waals surface area contributed by atoms with Crippen molar-refractivity contribution in [2.45, 2.75) is 12.5 Å². The number of hydrogen-bond acceptors (Lipinski definition) is 3. The van der Waals surface area contributed by atoms with Crippen LogP contribution in [0, 0.1) is 0 Å². The standard InChI is InChI=1S/C14H15N3O3/c1-2-13(18)17-16-12(14(19)20)7-9-8-15-11-6-4-3-5-10(9)11/h2-6,8,12,15-16H,1,7H2,(H,17,18)(H,19,20)/t12-/m0/s1. The summed E-state index contributed by atoms with van der Waals surface area (Å²) in [6, 6.07) is 6.71. The van der Waals surface area contributed by atoms with Gasteiger partial charge < -0.3 is 10.1 Å². The number of carbonyl (C=O) groups excluding carboxylic acids is 1. The van der Waals surface area contributed by atoms with Crippen molar-refractivity contribution in [3.05, 3.63) is 48.7 Å². The molecule has 6 nitrogen and oxygen atoms in total. The number of benzene rings is 1. The van der Waals surface area contributed by atoms with Gasteiger partial charge in [0.2, 0.25) is 0 Å². The Labute approximate surface area is 115 Å². The van der Waals surface area contributed by atoms with Crippen molar-refractivity contribution >= 4 is 22.8 Å². The van der Waals surface area contributed by atoms with Gasteiger partial charge in [-0.15, -0.1) is 0 Å². The fraction of sp³-hybridized carbons (Fsp3) is 0.143. The van der Waals surface area contributed by atoms with Gasteiger partial charge in [-0.05, 0) is 17.7 Å². The molecule has 1 aromatic carbocycles. The molecule has 6 heteroatoms. The van der Waals surface area contributed by atoms with Crippen LogP contribution in [0.25, 0.3) is 10.9 Å².